The van der Waals surface area contributed by atoms with Gasteiger partial charge in [-0.3, -0.25) is 14.4 Å². The minimum atomic E-state index is -1.36. The van der Waals surface area contributed by atoms with Gasteiger partial charge in [0.1, 0.15) is 0 Å². The van der Waals surface area contributed by atoms with Crippen LogP contribution in [0.4, 0.5) is 0 Å². The smallest absolute Gasteiger partial charge is 0.339 e. The van der Waals surface area contributed by atoms with Gasteiger partial charge in [0.2, 0.25) is 0 Å². The molecular formula is C13H17BrO9. The summed E-state index contributed by atoms with van der Waals surface area (Å²) in [7, 11) is 1.12. The van der Waals surface area contributed by atoms with Crippen LogP contribution >= 0.6 is 15.9 Å². The molecule has 0 amide bonds. The molecule has 0 aromatic rings. The molecule has 10 heteroatoms. The molecule has 9 nitrogen and oxygen atoms in total. The van der Waals surface area contributed by atoms with Crippen LogP contribution in [0.3, 0.4) is 0 Å². The lowest BCUT2D eigenvalue weighted by Crippen LogP contribution is -2.61. The van der Waals surface area contributed by atoms with Crippen LogP contribution in [-0.4, -0.2) is 60.4 Å². The topological polar surface area (TPSA) is 114 Å². The fourth-order valence-corrected chi connectivity index (χ4v) is 2.71. The van der Waals surface area contributed by atoms with Gasteiger partial charge < -0.3 is 23.7 Å². The SMILES string of the molecule is COC(=O)C1OC(Br)C(OC(C)=O)[C@H](OC(C)=O)C1OC(C)=O. The molecule has 130 valence electrons. The second-order valence-corrected chi connectivity index (χ2v) is 5.56. The first-order valence-electron chi connectivity index (χ1n) is 6.56. The highest BCUT2D eigenvalue weighted by Gasteiger charge is 2.53. The van der Waals surface area contributed by atoms with E-state index in [1.54, 1.807) is 0 Å². The Kier molecular flexibility index (Phi) is 6.95. The molecule has 0 aliphatic carbocycles. The predicted molar refractivity (Wildman–Crippen MR) is 76.3 cm³/mol. The highest BCUT2D eigenvalue weighted by molar-refractivity contribution is 9.09. The van der Waals surface area contributed by atoms with Gasteiger partial charge in [-0.25, -0.2) is 4.79 Å². The number of rotatable bonds is 4. The summed E-state index contributed by atoms with van der Waals surface area (Å²) in [5, 5.41) is -0.980. The van der Waals surface area contributed by atoms with Crippen molar-refractivity contribution in [2.75, 3.05) is 7.11 Å². The van der Waals surface area contributed by atoms with Crippen LogP contribution in [0.1, 0.15) is 20.8 Å². The van der Waals surface area contributed by atoms with Gasteiger partial charge in [-0.1, -0.05) is 15.9 Å². The normalized spacial score (nSPS) is 30.0. The highest BCUT2D eigenvalue weighted by Crippen LogP contribution is 2.31. The molecular weight excluding hydrogens is 380 g/mol. The standard InChI is InChI=1S/C13H17BrO9/c1-5(15)20-8-9(21-6(2)16)11(13(18)19-4)23-12(14)10(8)22-7(3)17/h8-12H,1-4H3/t8-,9?,10?,11?,12?/m1/s1. The van der Waals surface area contributed by atoms with E-state index in [1.807, 2.05) is 0 Å². The Bertz CT molecular complexity index is 492. The van der Waals surface area contributed by atoms with Crippen molar-refractivity contribution in [3.63, 3.8) is 0 Å². The zero-order valence-electron chi connectivity index (χ0n) is 12.9. The Morgan fingerprint density at radius 1 is 0.826 bits per heavy atom. The van der Waals surface area contributed by atoms with Gasteiger partial charge in [-0.05, 0) is 0 Å². The van der Waals surface area contributed by atoms with E-state index in [1.165, 1.54) is 0 Å². The maximum atomic E-state index is 11.9. The first-order chi connectivity index (χ1) is 10.7. The summed E-state index contributed by atoms with van der Waals surface area (Å²) in [4.78, 5) is 45.8. The molecule has 1 rings (SSSR count). The van der Waals surface area contributed by atoms with E-state index in [0.29, 0.717) is 0 Å². The van der Waals surface area contributed by atoms with E-state index in [-0.39, 0.29) is 0 Å². The number of ether oxygens (including phenoxy) is 5. The number of hydrogen-bond acceptors (Lipinski definition) is 9. The molecule has 1 fully saturated rings. The Morgan fingerprint density at radius 2 is 1.26 bits per heavy atom. The third-order valence-electron chi connectivity index (χ3n) is 2.82. The van der Waals surface area contributed by atoms with Crippen LogP contribution in [0.2, 0.25) is 0 Å². The summed E-state index contributed by atoms with van der Waals surface area (Å²) in [6.07, 6.45) is -5.06. The summed E-state index contributed by atoms with van der Waals surface area (Å²) < 4.78 is 25.2. The van der Waals surface area contributed by atoms with Gasteiger partial charge in [0.05, 0.1) is 7.11 Å². The van der Waals surface area contributed by atoms with Crippen molar-refractivity contribution in [3.05, 3.63) is 0 Å². The summed E-state index contributed by atoms with van der Waals surface area (Å²) in [6.45, 7) is 3.39. The average Bonchev–Trinajstić information content (AvgIpc) is 2.43. The zero-order valence-corrected chi connectivity index (χ0v) is 14.5. The second kappa shape index (κ2) is 8.25. The van der Waals surface area contributed by atoms with Crippen molar-refractivity contribution < 1.29 is 42.9 Å². The van der Waals surface area contributed by atoms with Gasteiger partial charge in [-0.15, -0.1) is 0 Å². The number of esters is 4. The molecule has 0 saturated carbocycles. The van der Waals surface area contributed by atoms with E-state index in [4.69, 9.17) is 18.9 Å². The van der Waals surface area contributed by atoms with E-state index >= 15 is 0 Å². The van der Waals surface area contributed by atoms with Crippen molar-refractivity contribution >= 4 is 39.8 Å². The van der Waals surface area contributed by atoms with Crippen LogP contribution in [0.25, 0.3) is 0 Å². The van der Waals surface area contributed by atoms with Crippen molar-refractivity contribution in [2.24, 2.45) is 0 Å². The van der Waals surface area contributed by atoms with Crippen molar-refractivity contribution in [2.45, 2.75) is 50.2 Å². The third-order valence-corrected chi connectivity index (χ3v) is 3.56. The Labute approximate surface area is 140 Å². The van der Waals surface area contributed by atoms with Crippen molar-refractivity contribution in [1.82, 2.24) is 0 Å². The molecule has 0 radical (unpaired) electrons. The molecule has 1 saturated heterocycles. The summed E-state index contributed by atoms with van der Waals surface area (Å²) >= 11 is 3.11. The third kappa shape index (κ3) is 5.17. The van der Waals surface area contributed by atoms with Gasteiger partial charge in [0.25, 0.3) is 0 Å². The highest BCUT2D eigenvalue weighted by atomic mass is 79.9. The van der Waals surface area contributed by atoms with Crippen LogP contribution in [0.15, 0.2) is 0 Å². The van der Waals surface area contributed by atoms with Gasteiger partial charge >= 0.3 is 23.9 Å². The lowest BCUT2D eigenvalue weighted by Gasteiger charge is -2.41. The van der Waals surface area contributed by atoms with Gasteiger partial charge in [-0.2, -0.15) is 0 Å². The molecule has 0 bridgehead atoms. The second-order valence-electron chi connectivity index (χ2n) is 4.65. The monoisotopic (exact) mass is 396 g/mol. The maximum Gasteiger partial charge on any atom is 0.339 e. The van der Waals surface area contributed by atoms with Gasteiger partial charge in [0, 0.05) is 20.8 Å². The minimum Gasteiger partial charge on any atom is -0.467 e. The van der Waals surface area contributed by atoms with E-state index in [2.05, 4.69) is 20.7 Å². The Hall–Kier alpha value is -1.68. The Balaban J connectivity index is 3.21. The van der Waals surface area contributed by atoms with Crippen LogP contribution in [0, 0.1) is 0 Å². The summed E-state index contributed by atoms with van der Waals surface area (Å²) in [6, 6.07) is 0. The number of halogens is 1. The average molecular weight is 397 g/mol. The fourth-order valence-electron chi connectivity index (χ4n) is 2.07. The van der Waals surface area contributed by atoms with E-state index < -0.39 is 53.3 Å². The number of carbonyl (C=O) groups excluding carboxylic acids is 4. The quantitative estimate of drug-likeness (QED) is 0.369. The first-order valence-corrected chi connectivity index (χ1v) is 7.48. The van der Waals surface area contributed by atoms with Crippen LogP contribution < -0.4 is 0 Å². The first kappa shape index (κ1) is 19.4. The molecule has 0 aromatic heterocycles. The largest absolute Gasteiger partial charge is 0.467 e. The number of alkyl halides is 1. The molecule has 1 heterocycles. The molecule has 23 heavy (non-hydrogen) atoms. The van der Waals surface area contributed by atoms with Crippen LogP contribution in [-0.2, 0) is 42.9 Å². The lowest BCUT2D eigenvalue weighted by atomic mass is 9.99. The molecule has 1 aliphatic rings. The fraction of sp³-hybridized carbons (Fsp3) is 0.692. The van der Waals surface area contributed by atoms with Gasteiger partial charge in [0.15, 0.2) is 29.4 Å². The Morgan fingerprint density at radius 3 is 1.70 bits per heavy atom. The minimum absolute atomic E-state index is 0.668. The molecule has 4 unspecified atom stereocenters. The number of carbonyl (C=O) groups is 4. The van der Waals surface area contributed by atoms with Crippen LogP contribution in [0.5, 0.6) is 0 Å². The molecule has 5 atom stereocenters. The summed E-state index contributed by atoms with van der Waals surface area (Å²) in [5.41, 5.74) is 0. The molecule has 0 spiro atoms. The molecule has 0 N–H and O–H groups in total. The number of hydrogen-bond donors (Lipinski definition) is 0. The lowest BCUT2D eigenvalue weighted by molar-refractivity contribution is -0.234. The predicted octanol–water partition coefficient (Wildman–Crippen LogP) is 0.0743. The van der Waals surface area contributed by atoms with Crippen molar-refractivity contribution in [1.29, 1.82) is 0 Å². The molecule has 0 aromatic carbocycles. The molecule has 1 aliphatic heterocycles. The summed E-state index contributed by atoms with van der Waals surface area (Å²) in [5.74, 6) is -2.95. The van der Waals surface area contributed by atoms with E-state index in [9.17, 15) is 19.2 Å². The van der Waals surface area contributed by atoms with E-state index in [0.717, 1.165) is 27.9 Å². The number of methoxy groups -OCH3 is 1. The maximum absolute atomic E-state index is 11.9. The van der Waals surface area contributed by atoms with Crippen molar-refractivity contribution in [3.8, 4) is 0 Å². The zero-order chi connectivity index (χ0) is 17.7.